The van der Waals surface area contributed by atoms with Crippen LogP contribution in [-0.2, 0) is 17.6 Å². The summed E-state index contributed by atoms with van der Waals surface area (Å²) in [4.78, 5) is 44.1. The van der Waals surface area contributed by atoms with Crippen molar-refractivity contribution in [2.45, 2.75) is 38.1 Å². The molecule has 4 aromatic rings. The van der Waals surface area contributed by atoms with Gasteiger partial charge < -0.3 is 20.5 Å². The fourth-order valence-electron chi connectivity index (χ4n) is 4.61. The number of carbonyl (C=O) groups excluding carboxylic acids is 2. The molecular weight excluding hydrogens is 456 g/mol. The number of H-pyrrole nitrogens is 1. The molecule has 0 radical (unpaired) electrons. The van der Waals surface area contributed by atoms with Gasteiger partial charge in [-0.05, 0) is 30.9 Å². The summed E-state index contributed by atoms with van der Waals surface area (Å²) >= 11 is 0. The highest BCUT2D eigenvalue weighted by molar-refractivity contribution is 5.92. The number of aromatic nitrogens is 2. The molecule has 2 aromatic carbocycles. The average Bonchev–Trinajstić information content (AvgIpc) is 3.32. The minimum absolute atomic E-state index is 0.100. The molecule has 1 aliphatic rings. The molecule has 1 unspecified atom stereocenters. The summed E-state index contributed by atoms with van der Waals surface area (Å²) in [5.41, 5.74) is 8.80. The van der Waals surface area contributed by atoms with Crippen molar-refractivity contribution in [2.75, 3.05) is 0 Å². The normalized spacial score (nSPS) is 14.7. The third-order valence-corrected chi connectivity index (χ3v) is 6.37. The Balaban J connectivity index is 1.33. The monoisotopic (exact) mass is 482 g/mol. The number of rotatable bonds is 7. The lowest BCUT2D eigenvalue weighted by molar-refractivity contribution is -0.122. The van der Waals surface area contributed by atoms with Crippen LogP contribution in [0.5, 0.6) is 0 Å². The first-order valence-corrected chi connectivity index (χ1v) is 12.0. The van der Waals surface area contributed by atoms with E-state index < -0.39 is 11.5 Å². The van der Waals surface area contributed by atoms with E-state index >= 15 is 0 Å². The molecule has 4 N–H and O–H groups in total. The number of carbonyl (C=O) groups is 2. The van der Waals surface area contributed by atoms with Gasteiger partial charge in [0.05, 0.1) is 6.04 Å². The topological polar surface area (TPSA) is 131 Å². The van der Waals surface area contributed by atoms with E-state index in [-0.39, 0.29) is 23.9 Å². The van der Waals surface area contributed by atoms with Crippen molar-refractivity contribution in [1.82, 2.24) is 15.3 Å². The summed E-state index contributed by atoms with van der Waals surface area (Å²) in [6, 6.07) is 20.8. The van der Waals surface area contributed by atoms with Gasteiger partial charge in [-0.2, -0.15) is 0 Å². The van der Waals surface area contributed by atoms with Crippen LogP contribution in [0.25, 0.3) is 22.6 Å². The Labute approximate surface area is 207 Å². The first-order chi connectivity index (χ1) is 17.5. The summed E-state index contributed by atoms with van der Waals surface area (Å²) in [7, 11) is 0. The first-order valence-electron chi connectivity index (χ1n) is 12.0. The molecule has 182 valence electrons. The van der Waals surface area contributed by atoms with Gasteiger partial charge in [-0.15, -0.1) is 0 Å². The number of oxazole rings is 1. The van der Waals surface area contributed by atoms with Crippen LogP contribution in [0.3, 0.4) is 0 Å². The van der Waals surface area contributed by atoms with Gasteiger partial charge in [0, 0.05) is 29.7 Å². The Kier molecular flexibility index (Phi) is 6.49. The van der Waals surface area contributed by atoms with Gasteiger partial charge >= 0.3 is 0 Å². The fraction of sp³-hybridized carbons (Fsp3) is 0.214. The number of aromatic amines is 1. The highest BCUT2D eigenvalue weighted by atomic mass is 16.4. The van der Waals surface area contributed by atoms with Crippen LogP contribution in [0, 0.1) is 0 Å². The minimum atomic E-state index is -0.790. The Hall–Kier alpha value is -4.46. The second-order valence-electron chi connectivity index (χ2n) is 8.84. The van der Waals surface area contributed by atoms with E-state index in [1.807, 2.05) is 60.7 Å². The number of pyridine rings is 1. The molecule has 8 nitrogen and oxygen atoms in total. The number of amides is 2. The quantitative estimate of drug-likeness (QED) is 0.367. The molecule has 0 spiro atoms. The molecule has 1 aliphatic carbocycles. The number of nitrogens with zero attached hydrogens (tertiary/aromatic N) is 1. The molecule has 2 aromatic heterocycles. The number of benzene rings is 2. The van der Waals surface area contributed by atoms with E-state index in [0.717, 1.165) is 34.5 Å². The summed E-state index contributed by atoms with van der Waals surface area (Å²) in [5, 5.41) is 3.03. The van der Waals surface area contributed by atoms with E-state index in [9.17, 15) is 14.4 Å². The lowest BCUT2D eigenvalue weighted by atomic mass is 9.90. The van der Waals surface area contributed by atoms with Gasteiger partial charge in [-0.25, -0.2) is 4.98 Å². The van der Waals surface area contributed by atoms with Gasteiger partial charge in [0.1, 0.15) is 11.3 Å². The molecule has 0 saturated carbocycles. The predicted octanol–water partition coefficient (Wildman–Crippen LogP) is 3.92. The number of primary amides is 1. The largest absolute Gasteiger partial charge is 0.440 e. The van der Waals surface area contributed by atoms with Crippen LogP contribution in [-0.4, -0.2) is 21.8 Å². The molecule has 1 atom stereocenters. The second kappa shape index (κ2) is 10.0. The maximum Gasteiger partial charge on any atom is 0.261 e. The molecular formula is C28H26N4O4. The van der Waals surface area contributed by atoms with E-state index in [1.165, 1.54) is 6.07 Å². The number of fused-ring (bicyclic) bond motifs is 1. The third-order valence-electron chi connectivity index (χ3n) is 6.37. The van der Waals surface area contributed by atoms with Gasteiger partial charge in [0.15, 0.2) is 11.7 Å². The van der Waals surface area contributed by atoms with Crippen molar-refractivity contribution < 1.29 is 14.0 Å². The lowest BCUT2D eigenvalue weighted by Crippen LogP contribution is -2.34. The predicted molar refractivity (Wildman–Crippen MR) is 135 cm³/mol. The van der Waals surface area contributed by atoms with E-state index in [2.05, 4.69) is 10.3 Å². The Morgan fingerprint density at radius 3 is 2.44 bits per heavy atom. The van der Waals surface area contributed by atoms with Crippen molar-refractivity contribution in [2.24, 2.45) is 5.73 Å². The molecule has 8 heteroatoms. The Bertz CT molecular complexity index is 1400. The van der Waals surface area contributed by atoms with E-state index in [4.69, 9.17) is 15.1 Å². The van der Waals surface area contributed by atoms with E-state index in [1.54, 1.807) is 0 Å². The number of hydrogen-bond donors (Lipinski definition) is 3. The minimum Gasteiger partial charge on any atom is -0.440 e. The highest BCUT2D eigenvalue weighted by Crippen LogP contribution is 2.33. The van der Waals surface area contributed by atoms with Crippen molar-refractivity contribution in [3.63, 3.8) is 0 Å². The van der Waals surface area contributed by atoms with Gasteiger partial charge in [-0.3, -0.25) is 14.4 Å². The average molecular weight is 483 g/mol. The van der Waals surface area contributed by atoms with Crippen LogP contribution < -0.4 is 16.6 Å². The van der Waals surface area contributed by atoms with Crippen LogP contribution in [0.4, 0.5) is 0 Å². The number of nitrogens with two attached hydrogens (primary N) is 1. The number of aryl methyl sites for hydroxylation is 2. The standard InChI is InChI=1S/C28H26N4O4/c29-27(34)20-16-19-21(12-7-13-22(19)31-28(20)35)30-23(33)14-15-24-32-25(17-8-3-1-4-9-17)26(36-24)18-10-5-2-6-11-18/h1-6,8-11,16,21H,7,12-15H2,(H2,29,34)(H,30,33)(H,31,35). The molecule has 5 rings (SSSR count). The Morgan fingerprint density at radius 1 is 1.06 bits per heavy atom. The summed E-state index contributed by atoms with van der Waals surface area (Å²) < 4.78 is 6.12. The molecule has 2 heterocycles. The smallest absolute Gasteiger partial charge is 0.261 e. The van der Waals surface area contributed by atoms with Gasteiger partial charge in [0.25, 0.3) is 11.5 Å². The zero-order valence-corrected chi connectivity index (χ0v) is 19.6. The van der Waals surface area contributed by atoms with Crippen molar-refractivity contribution in [1.29, 1.82) is 0 Å². The molecule has 0 fully saturated rings. The number of hydrogen-bond acceptors (Lipinski definition) is 5. The third kappa shape index (κ3) is 4.84. The Morgan fingerprint density at radius 2 is 1.75 bits per heavy atom. The summed E-state index contributed by atoms with van der Waals surface area (Å²) in [5.74, 6) is 0.191. The zero-order chi connectivity index (χ0) is 25.1. The molecule has 0 aliphatic heterocycles. The fourth-order valence-corrected chi connectivity index (χ4v) is 4.61. The van der Waals surface area contributed by atoms with Crippen LogP contribution in [0.2, 0.25) is 0 Å². The van der Waals surface area contributed by atoms with Gasteiger partial charge in [0.2, 0.25) is 5.91 Å². The SMILES string of the molecule is NC(=O)c1cc2c([nH]c1=O)CCCC2NC(=O)CCc1nc(-c2ccccc2)c(-c2ccccc2)o1. The van der Waals surface area contributed by atoms with E-state index in [0.29, 0.717) is 30.9 Å². The molecule has 36 heavy (non-hydrogen) atoms. The first kappa shape index (κ1) is 23.3. The van der Waals surface area contributed by atoms with Gasteiger partial charge in [-0.1, -0.05) is 60.7 Å². The summed E-state index contributed by atoms with van der Waals surface area (Å²) in [6.07, 6.45) is 2.70. The number of nitrogens with one attached hydrogen (secondary N) is 2. The molecule has 0 bridgehead atoms. The molecule has 2 amide bonds. The highest BCUT2D eigenvalue weighted by Gasteiger charge is 2.25. The van der Waals surface area contributed by atoms with Crippen molar-refractivity contribution in [3.05, 3.63) is 99.8 Å². The molecule has 0 saturated heterocycles. The lowest BCUT2D eigenvalue weighted by Gasteiger charge is -2.26. The van der Waals surface area contributed by atoms with Crippen LogP contribution in [0.15, 0.2) is 75.9 Å². The maximum absolute atomic E-state index is 12.9. The summed E-state index contributed by atoms with van der Waals surface area (Å²) in [6.45, 7) is 0. The van der Waals surface area contributed by atoms with Crippen LogP contribution in [0.1, 0.15) is 52.8 Å². The maximum atomic E-state index is 12.9. The van der Waals surface area contributed by atoms with Crippen LogP contribution >= 0.6 is 0 Å². The van der Waals surface area contributed by atoms with Crippen molar-refractivity contribution in [3.8, 4) is 22.6 Å². The second-order valence-corrected chi connectivity index (χ2v) is 8.84. The zero-order valence-electron chi connectivity index (χ0n) is 19.6. The van der Waals surface area contributed by atoms with Crippen molar-refractivity contribution >= 4 is 11.8 Å².